The van der Waals surface area contributed by atoms with Crippen LogP contribution < -0.4 is 5.32 Å². The Labute approximate surface area is 93.3 Å². The summed E-state index contributed by atoms with van der Waals surface area (Å²) in [5.74, 6) is 0.738. The number of tetrazole rings is 1. The van der Waals surface area contributed by atoms with E-state index in [2.05, 4.69) is 33.7 Å². The van der Waals surface area contributed by atoms with Gasteiger partial charge in [-0.15, -0.1) is 27.2 Å². The fourth-order valence-electron chi connectivity index (χ4n) is 1.34. The highest BCUT2D eigenvalue weighted by molar-refractivity contribution is 8.93. The third-order valence-corrected chi connectivity index (χ3v) is 2.15. The lowest BCUT2D eigenvalue weighted by Gasteiger charge is -2.17. The zero-order valence-electron chi connectivity index (χ0n) is 8.27. The third kappa shape index (κ3) is 2.39. The van der Waals surface area contributed by atoms with Gasteiger partial charge in [-0.1, -0.05) is 6.08 Å². The fraction of sp³-hybridized carbons (Fsp3) is 0.625. The van der Waals surface area contributed by atoms with Crippen LogP contribution in [0.15, 0.2) is 6.08 Å². The first-order chi connectivity index (χ1) is 6.25. The van der Waals surface area contributed by atoms with Gasteiger partial charge in [0.2, 0.25) is 5.82 Å². The second kappa shape index (κ2) is 4.65. The first kappa shape index (κ1) is 11.3. The van der Waals surface area contributed by atoms with Gasteiger partial charge in [-0.2, -0.15) is 4.80 Å². The zero-order chi connectivity index (χ0) is 9.26. The van der Waals surface area contributed by atoms with Crippen molar-refractivity contribution < 1.29 is 0 Å². The minimum atomic E-state index is 0. The minimum Gasteiger partial charge on any atom is -0.310 e. The summed E-state index contributed by atoms with van der Waals surface area (Å²) >= 11 is 0. The number of aromatic nitrogens is 4. The summed E-state index contributed by atoms with van der Waals surface area (Å²) in [6.45, 7) is 3.00. The Balaban J connectivity index is 0.000000980. The summed E-state index contributed by atoms with van der Waals surface area (Å²) in [5.41, 5.74) is 1.14. The van der Waals surface area contributed by atoms with Crippen molar-refractivity contribution in [3.8, 4) is 0 Å². The molecule has 2 rings (SSSR count). The lowest BCUT2D eigenvalue weighted by Crippen LogP contribution is -2.30. The number of nitrogens with one attached hydrogen (secondary N) is 1. The normalized spacial score (nSPS) is 21.3. The Morgan fingerprint density at radius 3 is 2.86 bits per heavy atom. The van der Waals surface area contributed by atoms with Crippen molar-refractivity contribution >= 4 is 22.6 Å². The van der Waals surface area contributed by atoms with Crippen molar-refractivity contribution in [2.45, 2.75) is 19.4 Å². The predicted octanol–water partition coefficient (Wildman–Crippen LogP) is 0.553. The molecule has 0 aromatic carbocycles. The molecule has 14 heavy (non-hydrogen) atoms. The SMILES string of the molecule is Br.CC1CC=C(c2nnn(C)n2)CN1. The van der Waals surface area contributed by atoms with Gasteiger partial charge in [0, 0.05) is 18.2 Å². The van der Waals surface area contributed by atoms with Crippen molar-refractivity contribution in [3.63, 3.8) is 0 Å². The van der Waals surface area contributed by atoms with Crippen LogP contribution in [0.1, 0.15) is 19.2 Å². The molecule has 1 aromatic heterocycles. The van der Waals surface area contributed by atoms with Crippen LogP contribution in [0.2, 0.25) is 0 Å². The van der Waals surface area contributed by atoms with E-state index in [9.17, 15) is 0 Å². The van der Waals surface area contributed by atoms with Gasteiger partial charge in [0.1, 0.15) is 0 Å². The summed E-state index contributed by atoms with van der Waals surface area (Å²) in [6.07, 6.45) is 3.21. The molecule has 0 radical (unpaired) electrons. The summed E-state index contributed by atoms with van der Waals surface area (Å²) in [7, 11) is 1.77. The number of hydrogen-bond donors (Lipinski definition) is 1. The van der Waals surface area contributed by atoms with Gasteiger partial charge in [-0.3, -0.25) is 0 Å². The van der Waals surface area contributed by atoms with Crippen LogP contribution in [0.5, 0.6) is 0 Å². The van der Waals surface area contributed by atoms with Crippen LogP contribution in [0.3, 0.4) is 0 Å². The van der Waals surface area contributed by atoms with E-state index in [0.29, 0.717) is 6.04 Å². The van der Waals surface area contributed by atoms with E-state index < -0.39 is 0 Å². The predicted molar refractivity (Wildman–Crippen MR) is 59.2 cm³/mol. The molecule has 5 nitrogen and oxygen atoms in total. The first-order valence-electron chi connectivity index (χ1n) is 4.42. The van der Waals surface area contributed by atoms with E-state index >= 15 is 0 Å². The van der Waals surface area contributed by atoms with Crippen LogP contribution in [0, 0.1) is 0 Å². The van der Waals surface area contributed by atoms with Crippen molar-refractivity contribution in [1.29, 1.82) is 0 Å². The molecule has 1 aromatic rings. The molecule has 0 fully saturated rings. The van der Waals surface area contributed by atoms with Crippen molar-refractivity contribution in [1.82, 2.24) is 25.5 Å². The summed E-state index contributed by atoms with van der Waals surface area (Å²) < 4.78 is 0. The van der Waals surface area contributed by atoms with Gasteiger partial charge in [0.05, 0.1) is 7.05 Å². The lowest BCUT2D eigenvalue weighted by atomic mass is 10.1. The van der Waals surface area contributed by atoms with E-state index in [1.807, 2.05) is 0 Å². The van der Waals surface area contributed by atoms with Gasteiger partial charge in [0.15, 0.2) is 0 Å². The molecule has 0 aliphatic carbocycles. The lowest BCUT2D eigenvalue weighted by molar-refractivity contribution is 0.575. The van der Waals surface area contributed by atoms with Crippen LogP contribution >= 0.6 is 17.0 Å². The molecule has 1 aliphatic heterocycles. The monoisotopic (exact) mass is 259 g/mol. The van der Waals surface area contributed by atoms with Gasteiger partial charge in [0.25, 0.3) is 0 Å². The fourth-order valence-corrected chi connectivity index (χ4v) is 1.34. The Hall–Kier alpha value is -0.750. The molecule has 0 bridgehead atoms. The number of rotatable bonds is 1. The molecule has 0 amide bonds. The van der Waals surface area contributed by atoms with Crippen molar-refractivity contribution in [2.75, 3.05) is 6.54 Å². The van der Waals surface area contributed by atoms with E-state index in [-0.39, 0.29) is 17.0 Å². The highest BCUT2D eigenvalue weighted by atomic mass is 79.9. The Morgan fingerprint density at radius 2 is 2.36 bits per heavy atom. The molecule has 0 saturated carbocycles. The molecule has 0 saturated heterocycles. The number of halogens is 1. The molecule has 1 aliphatic rings. The summed E-state index contributed by atoms with van der Waals surface area (Å²) in [4.78, 5) is 1.48. The number of hydrogen-bond acceptors (Lipinski definition) is 4. The molecule has 1 N–H and O–H groups in total. The van der Waals surface area contributed by atoms with Crippen LogP contribution in [0.4, 0.5) is 0 Å². The van der Waals surface area contributed by atoms with Gasteiger partial charge in [-0.05, 0) is 18.6 Å². The number of nitrogens with zero attached hydrogens (tertiary/aromatic N) is 4. The Bertz CT molecular complexity index is 332. The van der Waals surface area contributed by atoms with Crippen LogP contribution in [-0.4, -0.2) is 32.8 Å². The van der Waals surface area contributed by atoms with Gasteiger partial charge >= 0.3 is 0 Å². The standard InChI is InChI=1S/C8H13N5.BrH/c1-6-3-4-7(5-9-6)8-10-12-13(2)11-8;/h4,6,9H,3,5H2,1-2H3;1H. The maximum absolute atomic E-state index is 4.15. The van der Waals surface area contributed by atoms with E-state index in [1.165, 1.54) is 4.80 Å². The smallest absolute Gasteiger partial charge is 0.201 e. The molecule has 6 heteroatoms. The maximum Gasteiger partial charge on any atom is 0.201 e. The second-order valence-electron chi connectivity index (χ2n) is 3.35. The summed E-state index contributed by atoms with van der Waals surface area (Å²) in [5, 5.41) is 15.3. The van der Waals surface area contributed by atoms with Gasteiger partial charge in [-0.25, -0.2) is 0 Å². The van der Waals surface area contributed by atoms with Crippen molar-refractivity contribution in [3.05, 3.63) is 11.9 Å². The average Bonchev–Trinajstić information content (AvgIpc) is 2.53. The number of aryl methyl sites for hydroxylation is 1. The van der Waals surface area contributed by atoms with Gasteiger partial charge < -0.3 is 5.32 Å². The van der Waals surface area contributed by atoms with E-state index in [1.54, 1.807) is 7.05 Å². The molecular formula is C8H14BrN5. The topological polar surface area (TPSA) is 55.6 Å². The molecule has 1 atom stereocenters. The van der Waals surface area contributed by atoms with E-state index in [0.717, 1.165) is 24.4 Å². The molecule has 2 heterocycles. The summed E-state index contributed by atoms with van der Waals surface area (Å²) in [6, 6.07) is 0.556. The Kier molecular flexibility index (Phi) is 3.77. The van der Waals surface area contributed by atoms with E-state index in [4.69, 9.17) is 0 Å². The minimum absolute atomic E-state index is 0. The molecule has 0 spiro atoms. The third-order valence-electron chi connectivity index (χ3n) is 2.15. The molecular weight excluding hydrogens is 246 g/mol. The second-order valence-corrected chi connectivity index (χ2v) is 3.35. The highest BCUT2D eigenvalue weighted by Crippen LogP contribution is 2.13. The quantitative estimate of drug-likeness (QED) is 0.801. The van der Waals surface area contributed by atoms with Crippen LogP contribution in [-0.2, 0) is 7.05 Å². The molecule has 78 valence electrons. The molecule has 1 unspecified atom stereocenters. The highest BCUT2D eigenvalue weighted by Gasteiger charge is 2.13. The first-order valence-corrected chi connectivity index (χ1v) is 4.42. The van der Waals surface area contributed by atoms with Crippen LogP contribution in [0.25, 0.3) is 5.57 Å². The van der Waals surface area contributed by atoms with Crippen molar-refractivity contribution in [2.24, 2.45) is 7.05 Å². The Morgan fingerprint density at radius 1 is 1.57 bits per heavy atom. The average molecular weight is 260 g/mol. The maximum atomic E-state index is 4.15. The zero-order valence-corrected chi connectivity index (χ0v) is 9.98. The largest absolute Gasteiger partial charge is 0.310 e.